The second-order valence-electron chi connectivity index (χ2n) is 14.5. The molecule has 0 aliphatic carbocycles. The van der Waals surface area contributed by atoms with E-state index in [0.717, 1.165) is 61.0 Å². The number of hydrogen-bond donors (Lipinski definition) is 0. The SMILES string of the molecule is c1ccc(-c2nc(-c3ccccc3)nc(-c3ccc4c(c3)oc3ccc(-n5c6ccccc6c6cc7c(cc65)c5ccccc5n7-c5ccccc5)cc34)n2)cc1. The van der Waals surface area contributed by atoms with Crippen LogP contribution in [0.5, 0.6) is 0 Å². The Bertz CT molecular complexity index is 3450. The lowest BCUT2D eigenvalue weighted by Crippen LogP contribution is -2.00. The van der Waals surface area contributed by atoms with Crippen LogP contribution >= 0.6 is 0 Å². The fraction of sp³-hybridized carbons (Fsp3) is 0. The van der Waals surface area contributed by atoms with Crippen LogP contribution in [-0.4, -0.2) is 24.1 Å². The zero-order chi connectivity index (χ0) is 37.5. The summed E-state index contributed by atoms with van der Waals surface area (Å²) in [6.07, 6.45) is 0. The Hall–Kier alpha value is -7.83. The second-order valence-corrected chi connectivity index (χ2v) is 14.5. The van der Waals surface area contributed by atoms with E-state index in [4.69, 9.17) is 19.4 Å². The molecule has 12 aromatic rings. The van der Waals surface area contributed by atoms with E-state index < -0.39 is 0 Å². The average Bonchev–Trinajstić information content (AvgIpc) is 3.93. The van der Waals surface area contributed by atoms with Crippen LogP contribution in [0.15, 0.2) is 192 Å². The summed E-state index contributed by atoms with van der Waals surface area (Å²) in [5.41, 5.74) is 11.3. The monoisotopic (exact) mass is 729 g/mol. The van der Waals surface area contributed by atoms with Gasteiger partial charge < -0.3 is 13.6 Å². The Kier molecular flexibility index (Phi) is 6.83. The van der Waals surface area contributed by atoms with Crippen molar-refractivity contribution >= 4 is 65.6 Å². The molecule has 4 aromatic heterocycles. The van der Waals surface area contributed by atoms with E-state index in [2.05, 4.69) is 130 Å². The maximum absolute atomic E-state index is 6.56. The average molecular weight is 730 g/mol. The molecule has 8 aromatic carbocycles. The lowest BCUT2D eigenvalue weighted by atomic mass is 10.1. The van der Waals surface area contributed by atoms with Crippen LogP contribution < -0.4 is 0 Å². The van der Waals surface area contributed by atoms with Crippen LogP contribution in [0.25, 0.3) is 111 Å². The van der Waals surface area contributed by atoms with E-state index in [1.54, 1.807) is 0 Å². The summed E-state index contributed by atoms with van der Waals surface area (Å²) in [4.78, 5) is 14.8. The van der Waals surface area contributed by atoms with Crippen molar-refractivity contribution in [1.82, 2.24) is 24.1 Å². The number of aromatic nitrogens is 5. The van der Waals surface area contributed by atoms with Gasteiger partial charge in [0.1, 0.15) is 11.2 Å². The molecule has 0 saturated heterocycles. The molecular weight excluding hydrogens is 699 g/mol. The van der Waals surface area contributed by atoms with E-state index in [9.17, 15) is 0 Å². The van der Waals surface area contributed by atoms with Crippen molar-refractivity contribution in [2.45, 2.75) is 0 Å². The minimum atomic E-state index is 0.593. The molecule has 6 heteroatoms. The molecule has 0 radical (unpaired) electrons. The first-order valence-electron chi connectivity index (χ1n) is 19.1. The smallest absolute Gasteiger partial charge is 0.164 e. The third-order valence-electron chi connectivity index (χ3n) is 11.2. The molecule has 0 aliphatic heterocycles. The van der Waals surface area contributed by atoms with Crippen LogP contribution in [0.1, 0.15) is 0 Å². The Morgan fingerprint density at radius 1 is 0.298 bits per heavy atom. The highest BCUT2D eigenvalue weighted by Crippen LogP contribution is 2.41. The van der Waals surface area contributed by atoms with E-state index in [1.807, 2.05) is 66.7 Å². The molecule has 0 N–H and O–H groups in total. The molecule has 0 unspecified atom stereocenters. The van der Waals surface area contributed by atoms with Gasteiger partial charge in [-0.3, -0.25) is 0 Å². The lowest BCUT2D eigenvalue weighted by Gasteiger charge is -2.09. The number of benzene rings is 8. The fourth-order valence-corrected chi connectivity index (χ4v) is 8.55. The fourth-order valence-electron chi connectivity index (χ4n) is 8.55. The summed E-state index contributed by atoms with van der Waals surface area (Å²) in [6.45, 7) is 0. The summed E-state index contributed by atoms with van der Waals surface area (Å²) in [7, 11) is 0. The number of rotatable bonds is 5. The zero-order valence-electron chi connectivity index (χ0n) is 30.5. The summed E-state index contributed by atoms with van der Waals surface area (Å²) >= 11 is 0. The number of furan rings is 1. The van der Waals surface area contributed by atoms with Crippen molar-refractivity contribution in [3.63, 3.8) is 0 Å². The first kappa shape index (κ1) is 31.5. The quantitative estimate of drug-likeness (QED) is 0.177. The van der Waals surface area contributed by atoms with Gasteiger partial charge in [0.2, 0.25) is 0 Å². The van der Waals surface area contributed by atoms with Crippen LogP contribution in [0.3, 0.4) is 0 Å². The molecule has 0 amide bonds. The first-order valence-corrected chi connectivity index (χ1v) is 19.1. The molecule has 6 nitrogen and oxygen atoms in total. The van der Waals surface area contributed by atoms with Gasteiger partial charge >= 0.3 is 0 Å². The predicted octanol–water partition coefficient (Wildman–Crippen LogP) is 13.0. The standard InChI is InChI=1S/C51H31N5O/c1-4-14-32(15-5-1)49-52-50(33-16-6-2-7-17-33)54-51(53-49)34-24-26-39-42-29-36(25-27-47(42)57-48(39)28-34)56-44-23-13-11-21-38(44)41-30-45-40(31-46(41)56)37-20-10-12-22-43(37)55(45)35-18-8-3-9-19-35/h1-31H. The van der Waals surface area contributed by atoms with Gasteiger partial charge in [-0.1, -0.05) is 121 Å². The first-order chi connectivity index (χ1) is 28.2. The summed E-state index contributed by atoms with van der Waals surface area (Å²) in [5.74, 6) is 1.85. The van der Waals surface area contributed by atoms with Crippen molar-refractivity contribution in [1.29, 1.82) is 0 Å². The van der Waals surface area contributed by atoms with Crippen molar-refractivity contribution in [2.24, 2.45) is 0 Å². The topological polar surface area (TPSA) is 61.7 Å². The molecule has 0 atom stereocenters. The normalized spacial score (nSPS) is 11.9. The summed E-state index contributed by atoms with van der Waals surface area (Å²) < 4.78 is 11.3. The highest BCUT2D eigenvalue weighted by molar-refractivity contribution is 6.19. The van der Waals surface area contributed by atoms with E-state index >= 15 is 0 Å². The predicted molar refractivity (Wildman–Crippen MR) is 232 cm³/mol. The van der Waals surface area contributed by atoms with Crippen molar-refractivity contribution < 1.29 is 4.42 Å². The van der Waals surface area contributed by atoms with Gasteiger partial charge in [0.25, 0.3) is 0 Å². The summed E-state index contributed by atoms with van der Waals surface area (Å²) in [6, 6.07) is 65.7. The van der Waals surface area contributed by atoms with Gasteiger partial charge in [0.15, 0.2) is 17.5 Å². The number of fused-ring (bicyclic) bond motifs is 9. The van der Waals surface area contributed by atoms with Crippen LogP contribution in [0.2, 0.25) is 0 Å². The molecule has 0 fully saturated rings. The van der Waals surface area contributed by atoms with Crippen molar-refractivity contribution in [3.8, 4) is 45.5 Å². The number of nitrogens with zero attached hydrogens (tertiary/aromatic N) is 5. The Morgan fingerprint density at radius 3 is 1.40 bits per heavy atom. The third kappa shape index (κ3) is 4.94. The van der Waals surface area contributed by atoms with E-state index in [1.165, 1.54) is 32.6 Å². The molecule has 57 heavy (non-hydrogen) atoms. The van der Waals surface area contributed by atoms with Crippen molar-refractivity contribution in [3.05, 3.63) is 188 Å². The Morgan fingerprint density at radius 2 is 0.807 bits per heavy atom. The Labute approximate surface area is 326 Å². The second kappa shape index (κ2) is 12.3. The molecule has 0 spiro atoms. The molecule has 4 heterocycles. The maximum atomic E-state index is 6.56. The number of hydrogen-bond acceptors (Lipinski definition) is 4. The third-order valence-corrected chi connectivity index (χ3v) is 11.2. The Balaban J connectivity index is 1.03. The van der Waals surface area contributed by atoms with Gasteiger partial charge in [-0.2, -0.15) is 0 Å². The van der Waals surface area contributed by atoms with Crippen LogP contribution in [0, 0.1) is 0 Å². The lowest BCUT2D eigenvalue weighted by molar-refractivity contribution is 0.669. The summed E-state index contributed by atoms with van der Waals surface area (Å²) in [5, 5.41) is 6.95. The van der Waals surface area contributed by atoms with Gasteiger partial charge in [-0.15, -0.1) is 0 Å². The van der Waals surface area contributed by atoms with Crippen LogP contribution in [0.4, 0.5) is 0 Å². The highest BCUT2D eigenvalue weighted by atomic mass is 16.3. The van der Waals surface area contributed by atoms with E-state index in [-0.39, 0.29) is 0 Å². The molecular formula is C51H31N5O. The van der Waals surface area contributed by atoms with Crippen molar-refractivity contribution in [2.75, 3.05) is 0 Å². The molecule has 0 saturated carbocycles. The molecule has 0 aliphatic rings. The van der Waals surface area contributed by atoms with Gasteiger partial charge in [-0.05, 0) is 66.7 Å². The largest absolute Gasteiger partial charge is 0.456 e. The number of para-hydroxylation sites is 3. The van der Waals surface area contributed by atoms with Crippen LogP contribution in [-0.2, 0) is 0 Å². The van der Waals surface area contributed by atoms with Gasteiger partial charge in [0, 0.05) is 60.4 Å². The van der Waals surface area contributed by atoms with Gasteiger partial charge in [-0.25, -0.2) is 15.0 Å². The maximum Gasteiger partial charge on any atom is 0.164 e. The van der Waals surface area contributed by atoms with Gasteiger partial charge in [0.05, 0.1) is 22.1 Å². The zero-order valence-corrected chi connectivity index (χ0v) is 30.5. The molecule has 12 rings (SSSR count). The van der Waals surface area contributed by atoms with E-state index in [0.29, 0.717) is 17.5 Å². The minimum absolute atomic E-state index is 0.593. The molecule has 266 valence electrons. The highest BCUT2D eigenvalue weighted by Gasteiger charge is 2.20. The molecule has 0 bridgehead atoms. The minimum Gasteiger partial charge on any atom is -0.456 e.